The molecule has 0 saturated carbocycles. The van der Waals surface area contributed by atoms with Crippen LogP contribution in [-0.4, -0.2) is 17.0 Å². The third-order valence-corrected chi connectivity index (χ3v) is 5.35. The first-order valence-electron chi connectivity index (χ1n) is 6.98. The number of halogens is 1. The third-order valence-electron chi connectivity index (χ3n) is 3.56. The van der Waals surface area contributed by atoms with Gasteiger partial charge in [-0.25, -0.2) is 0 Å². The van der Waals surface area contributed by atoms with Gasteiger partial charge in [0.2, 0.25) is 0 Å². The standard InChI is InChI=1S/C17H17BrO2S/c1-11(19)15-7-6-13(18)9-16(15)20-10-14-8-12-4-2-3-5-17(12)21-14/h2-7,9,11,14,19H,8,10H2,1H3. The van der Waals surface area contributed by atoms with Crippen molar-refractivity contribution in [3.8, 4) is 5.75 Å². The van der Waals surface area contributed by atoms with E-state index in [1.807, 2.05) is 30.0 Å². The zero-order valence-electron chi connectivity index (χ0n) is 11.8. The molecule has 1 aliphatic rings. The first kappa shape index (κ1) is 14.9. The van der Waals surface area contributed by atoms with Crippen molar-refractivity contribution in [2.24, 2.45) is 0 Å². The monoisotopic (exact) mass is 364 g/mol. The second-order valence-corrected chi connectivity index (χ2v) is 7.48. The Morgan fingerprint density at radius 2 is 2.14 bits per heavy atom. The molecule has 0 aromatic heterocycles. The van der Waals surface area contributed by atoms with Crippen LogP contribution in [0, 0.1) is 0 Å². The van der Waals surface area contributed by atoms with Crippen LogP contribution in [0.2, 0.25) is 0 Å². The maximum absolute atomic E-state index is 9.83. The molecule has 1 heterocycles. The highest BCUT2D eigenvalue weighted by atomic mass is 79.9. The summed E-state index contributed by atoms with van der Waals surface area (Å²) in [5.74, 6) is 0.760. The van der Waals surface area contributed by atoms with Gasteiger partial charge in [0, 0.05) is 20.2 Å². The molecule has 2 atom stereocenters. The highest BCUT2D eigenvalue weighted by molar-refractivity contribution is 9.10. The highest BCUT2D eigenvalue weighted by Crippen LogP contribution is 2.37. The van der Waals surface area contributed by atoms with Crippen LogP contribution in [-0.2, 0) is 6.42 Å². The van der Waals surface area contributed by atoms with Gasteiger partial charge in [0.05, 0.1) is 6.10 Å². The Balaban J connectivity index is 1.68. The van der Waals surface area contributed by atoms with Gasteiger partial charge in [0.15, 0.2) is 0 Å². The molecule has 0 fully saturated rings. The molecule has 0 bridgehead atoms. The summed E-state index contributed by atoms with van der Waals surface area (Å²) in [4.78, 5) is 1.36. The minimum atomic E-state index is -0.526. The number of aliphatic hydroxyl groups excluding tert-OH is 1. The number of hydrogen-bond donors (Lipinski definition) is 1. The van der Waals surface area contributed by atoms with Crippen LogP contribution in [0.5, 0.6) is 5.75 Å². The molecule has 0 spiro atoms. The molecule has 2 nitrogen and oxygen atoms in total. The molecule has 3 rings (SSSR count). The average Bonchev–Trinajstić information content (AvgIpc) is 2.87. The fraction of sp³-hybridized carbons (Fsp3) is 0.294. The molecule has 1 N–H and O–H groups in total. The van der Waals surface area contributed by atoms with Gasteiger partial charge in [-0.2, -0.15) is 0 Å². The molecule has 110 valence electrons. The Kier molecular flexibility index (Phi) is 4.57. The van der Waals surface area contributed by atoms with Crippen LogP contribution < -0.4 is 4.74 Å². The highest BCUT2D eigenvalue weighted by Gasteiger charge is 2.22. The Morgan fingerprint density at radius 1 is 1.33 bits per heavy atom. The summed E-state index contributed by atoms with van der Waals surface area (Å²) in [5.41, 5.74) is 2.24. The first-order chi connectivity index (χ1) is 10.1. The summed E-state index contributed by atoms with van der Waals surface area (Å²) >= 11 is 5.33. The van der Waals surface area contributed by atoms with E-state index in [1.54, 1.807) is 6.92 Å². The van der Waals surface area contributed by atoms with Crippen molar-refractivity contribution in [1.82, 2.24) is 0 Å². The Hall–Kier alpha value is -0.970. The molecule has 2 aromatic carbocycles. The topological polar surface area (TPSA) is 29.5 Å². The molecule has 21 heavy (non-hydrogen) atoms. The zero-order valence-corrected chi connectivity index (χ0v) is 14.2. The van der Waals surface area contributed by atoms with Gasteiger partial charge in [-0.05, 0) is 37.1 Å². The quantitative estimate of drug-likeness (QED) is 0.859. The van der Waals surface area contributed by atoms with Crippen LogP contribution in [0.15, 0.2) is 51.8 Å². The first-order valence-corrected chi connectivity index (χ1v) is 8.65. The number of benzene rings is 2. The van der Waals surface area contributed by atoms with Crippen molar-refractivity contribution < 1.29 is 9.84 Å². The molecule has 0 aliphatic carbocycles. The summed E-state index contributed by atoms with van der Waals surface area (Å²) in [5, 5.41) is 10.3. The largest absolute Gasteiger partial charge is 0.492 e. The van der Waals surface area contributed by atoms with E-state index in [0.29, 0.717) is 11.9 Å². The van der Waals surface area contributed by atoms with Gasteiger partial charge < -0.3 is 9.84 Å². The Morgan fingerprint density at radius 3 is 2.90 bits per heavy atom. The van der Waals surface area contributed by atoms with Crippen molar-refractivity contribution in [2.45, 2.75) is 29.6 Å². The predicted molar refractivity (Wildman–Crippen MR) is 90.1 cm³/mol. The van der Waals surface area contributed by atoms with Crippen molar-refractivity contribution in [3.63, 3.8) is 0 Å². The van der Waals surface area contributed by atoms with Crippen molar-refractivity contribution in [1.29, 1.82) is 0 Å². The summed E-state index contributed by atoms with van der Waals surface area (Å²) in [6, 6.07) is 14.3. The van der Waals surface area contributed by atoms with Crippen molar-refractivity contribution in [3.05, 3.63) is 58.1 Å². The third kappa shape index (κ3) is 3.44. The molecular formula is C17H17BrO2S. The van der Waals surface area contributed by atoms with Crippen LogP contribution in [0.1, 0.15) is 24.2 Å². The number of rotatable bonds is 4. The normalized spacial score (nSPS) is 18.3. The van der Waals surface area contributed by atoms with E-state index in [-0.39, 0.29) is 0 Å². The maximum Gasteiger partial charge on any atom is 0.126 e. The molecule has 0 radical (unpaired) electrons. The van der Waals surface area contributed by atoms with E-state index in [2.05, 4.69) is 40.2 Å². The lowest BCUT2D eigenvalue weighted by Gasteiger charge is -2.16. The van der Waals surface area contributed by atoms with E-state index in [1.165, 1.54) is 10.5 Å². The van der Waals surface area contributed by atoms with Crippen LogP contribution >= 0.6 is 27.7 Å². The van der Waals surface area contributed by atoms with Crippen LogP contribution in [0.25, 0.3) is 0 Å². The predicted octanol–water partition coefficient (Wildman–Crippen LogP) is 4.60. The number of aliphatic hydroxyl groups is 1. The van der Waals surface area contributed by atoms with Crippen molar-refractivity contribution >= 4 is 27.7 Å². The van der Waals surface area contributed by atoms with E-state index in [0.717, 1.165) is 22.2 Å². The van der Waals surface area contributed by atoms with E-state index < -0.39 is 6.10 Å². The van der Waals surface area contributed by atoms with E-state index >= 15 is 0 Å². The van der Waals surface area contributed by atoms with Crippen LogP contribution in [0.3, 0.4) is 0 Å². The van der Waals surface area contributed by atoms with E-state index in [9.17, 15) is 5.11 Å². The summed E-state index contributed by atoms with van der Waals surface area (Å²) < 4.78 is 6.95. The minimum absolute atomic E-state index is 0.434. The summed E-state index contributed by atoms with van der Waals surface area (Å²) in [6.07, 6.45) is 0.514. The number of thioether (sulfide) groups is 1. The molecular weight excluding hydrogens is 348 g/mol. The van der Waals surface area contributed by atoms with Gasteiger partial charge in [-0.15, -0.1) is 11.8 Å². The van der Waals surface area contributed by atoms with Gasteiger partial charge in [-0.1, -0.05) is 40.2 Å². The molecule has 4 heteroatoms. The Labute approximate surface area is 137 Å². The lowest BCUT2D eigenvalue weighted by molar-refractivity contribution is 0.191. The Bertz CT molecular complexity index is 617. The molecule has 2 aromatic rings. The molecule has 1 aliphatic heterocycles. The fourth-order valence-corrected chi connectivity index (χ4v) is 4.07. The molecule has 2 unspecified atom stereocenters. The smallest absolute Gasteiger partial charge is 0.126 e. The van der Waals surface area contributed by atoms with E-state index in [4.69, 9.17) is 4.74 Å². The van der Waals surface area contributed by atoms with Gasteiger partial charge >= 0.3 is 0 Å². The lowest BCUT2D eigenvalue weighted by atomic mass is 10.1. The lowest BCUT2D eigenvalue weighted by Crippen LogP contribution is -2.14. The second-order valence-electron chi connectivity index (χ2n) is 5.22. The average molecular weight is 365 g/mol. The SMILES string of the molecule is CC(O)c1ccc(Br)cc1OCC1Cc2ccccc2S1. The van der Waals surface area contributed by atoms with Crippen LogP contribution in [0.4, 0.5) is 0 Å². The number of hydrogen-bond acceptors (Lipinski definition) is 3. The van der Waals surface area contributed by atoms with Gasteiger partial charge in [-0.3, -0.25) is 0 Å². The zero-order chi connectivity index (χ0) is 14.8. The molecule has 0 saturated heterocycles. The minimum Gasteiger partial charge on any atom is -0.492 e. The molecule has 0 amide bonds. The number of ether oxygens (including phenoxy) is 1. The number of fused-ring (bicyclic) bond motifs is 1. The summed E-state index contributed by atoms with van der Waals surface area (Å²) in [6.45, 7) is 2.41. The maximum atomic E-state index is 9.83. The second kappa shape index (κ2) is 6.42. The van der Waals surface area contributed by atoms with Crippen molar-refractivity contribution in [2.75, 3.05) is 6.61 Å². The van der Waals surface area contributed by atoms with Gasteiger partial charge in [0.1, 0.15) is 12.4 Å². The summed E-state index contributed by atoms with van der Waals surface area (Å²) in [7, 11) is 0. The van der Waals surface area contributed by atoms with Gasteiger partial charge in [0.25, 0.3) is 0 Å². The fourth-order valence-electron chi connectivity index (χ4n) is 2.51.